The molecule has 2 nitrogen and oxygen atoms in total. The van der Waals surface area contributed by atoms with E-state index in [2.05, 4.69) is 76.5 Å². The number of aryl methyl sites for hydroxylation is 1. The van der Waals surface area contributed by atoms with Gasteiger partial charge in [0.25, 0.3) is 0 Å². The number of halogens is 1. The Morgan fingerprint density at radius 2 is 1.86 bits per heavy atom. The molecular weight excluding hydrogens is 324 g/mol. The van der Waals surface area contributed by atoms with Gasteiger partial charge >= 0.3 is 0 Å². The van der Waals surface area contributed by atoms with Crippen molar-refractivity contribution in [3.8, 4) is 0 Å². The molecule has 21 heavy (non-hydrogen) atoms. The molecule has 1 aromatic heterocycles. The molecule has 0 spiro atoms. The van der Waals surface area contributed by atoms with Crippen molar-refractivity contribution < 1.29 is 0 Å². The van der Waals surface area contributed by atoms with Crippen molar-refractivity contribution in [3.63, 3.8) is 0 Å². The molecule has 0 amide bonds. The molecule has 1 N–H and O–H groups in total. The van der Waals surface area contributed by atoms with Crippen molar-refractivity contribution in [1.82, 2.24) is 10.3 Å². The molecule has 112 valence electrons. The van der Waals surface area contributed by atoms with E-state index in [-0.39, 0.29) is 0 Å². The third-order valence-electron chi connectivity index (χ3n) is 3.53. The van der Waals surface area contributed by atoms with Crippen LogP contribution in [0.3, 0.4) is 0 Å². The van der Waals surface area contributed by atoms with E-state index in [4.69, 9.17) is 0 Å². The van der Waals surface area contributed by atoms with Gasteiger partial charge in [-0.25, -0.2) is 0 Å². The number of hydrogen-bond acceptors (Lipinski definition) is 2. The van der Waals surface area contributed by atoms with Crippen LogP contribution in [0.25, 0.3) is 0 Å². The Balaban J connectivity index is 2.02. The minimum atomic E-state index is 0.432. The Hall–Kier alpha value is -1.19. The molecule has 0 aliphatic carbocycles. The SMILES string of the molecule is CCCNC(Cc1ccc(C)cc1)Cc1ccc(Br)cn1. The summed E-state index contributed by atoms with van der Waals surface area (Å²) in [4.78, 5) is 4.50. The van der Waals surface area contributed by atoms with Crippen molar-refractivity contribution in [1.29, 1.82) is 0 Å². The average Bonchev–Trinajstić information content (AvgIpc) is 2.49. The molecule has 3 heteroatoms. The first-order valence-corrected chi connectivity index (χ1v) is 8.36. The van der Waals surface area contributed by atoms with Gasteiger partial charge in [-0.3, -0.25) is 4.98 Å². The topological polar surface area (TPSA) is 24.9 Å². The molecule has 0 bridgehead atoms. The summed E-state index contributed by atoms with van der Waals surface area (Å²) >= 11 is 3.44. The lowest BCUT2D eigenvalue weighted by molar-refractivity contribution is 0.500. The number of benzene rings is 1. The molecule has 0 aliphatic heterocycles. The first kappa shape index (κ1) is 16.2. The van der Waals surface area contributed by atoms with Crippen molar-refractivity contribution in [2.45, 2.75) is 39.2 Å². The van der Waals surface area contributed by atoms with Gasteiger partial charge in [0.05, 0.1) is 0 Å². The number of pyridine rings is 1. The third kappa shape index (κ3) is 5.60. The summed E-state index contributed by atoms with van der Waals surface area (Å²) in [5, 5.41) is 3.64. The normalized spacial score (nSPS) is 12.3. The molecule has 0 fully saturated rings. The van der Waals surface area contributed by atoms with Crippen molar-refractivity contribution in [2.75, 3.05) is 6.54 Å². The molecule has 0 saturated carbocycles. The van der Waals surface area contributed by atoms with Crippen molar-refractivity contribution in [2.24, 2.45) is 0 Å². The van der Waals surface area contributed by atoms with Gasteiger partial charge in [0, 0.05) is 28.8 Å². The van der Waals surface area contributed by atoms with Gasteiger partial charge in [0.2, 0.25) is 0 Å². The number of aromatic nitrogens is 1. The number of nitrogens with zero attached hydrogens (tertiary/aromatic N) is 1. The van der Waals surface area contributed by atoms with Gasteiger partial charge in [0.15, 0.2) is 0 Å². The summed E-state index contributed by atoms with van der Waals surface area (Å²) < 4.78 is 1.03. The van der Waals surface area contributed by atoms with Crippen LogP contribution < -0.4 is 5.32 Å². The molecule has 1 unspecified atom stereocenters. The maximum atomic E-state index is 4.50. The predicted octanol–water partition coefficient (Wildman–Crippen LogP) is 4.31. The first-order chi connectivity index (χ1) is 10.2. The number of hydrogen-bond donors (Lipinski definition) is 1. The highest BCUT2D eigenvalue weighted by molar-refractivity contribution is 9.10. The zero-order valence-corrected chi connectivity index (χ0v) is 14.4. The molecule has 1 atom stereocenters. The molecular formula is C18H23BrN2. The summed E-state index contributed by atoms with van der Waals surface area (Å²) in [7, 11) is 0. The Morgan fingerprint density at radius 3 is 2.48 bits per heavy atom. The fraction of sp³-hybridized carbons (Fsp3) is 0.389. The lowest BCUT2D eigenvalue weighted by Gasteiger charge is -2.18. The lowest BCUT2D eigenvalue weighted by Crippen LogP contribution is -2.34. The van der Waals surface area contributed by atoms with E-state index in [1.807, 2.05) is 6.20 Å². The van der Waals surface area contributed by atoms with Crippen LogP contribution in [0.5, 0.6) is 0 Å². The Bertz CT molecular complexity index is 487. The van der Waals surface area contributed by atoms with Gasteiger partial charge in [-0.05, 0) is 59.9 Å². The van der Waals surface area contributed by atoms with Crippen LogP contribution in [-0.2, 0) is 12.8 Å². The number of nitrogens with one attached hydrogen (secondary N) is 1. The molecule has 1 heterocycles. The van der Waals surface area contributed by atoms with Crippen molar-refractivity contribution >= 4 is 15.9 Å². The zero-order valence-electron chi connectivity index (χ0n) is 12.8. The van der Waals surface area contributed by atoms with E-state index < -0.39 is 0 Å². The molecule has 0 saturated heterocycles. The van der Waals surface area contributed by atoms with Crippen LogP contribution in [0.4, 0.5) is 0 Å². The fourth-order valence-electron chi connectivity index (χ4n) is 2.35. The molecule has 1 aromatic carbocycles. The monoisotopic (exact) mass is 346 g/mol. The molecule has 2 aromatic rings. The molecule has 0 aliphatic rings. The van der Waals surface area contributed by atoms with Gasteiger partial charge in [-0.1, -0.05) is 36.8 Å². The highest BCUT2D eigenvalue weighted by Crippen LogP contribution is 2.12. The Morgan fingerprint density at radius 1 is 1.10 bits per heavy atom. The van der Waals surface area contributed by atoms with E-state index in [1.54, 1.807) is 0 Å². The zero-order chi connectivity index (χ0) is 15.1. The van der Waals surface area contributed by atoms with E-state index in [9.17, 15) is 0 Å². The minimum Gasteiger partial charge on any atom is -0.313 e. The summed E-state index contributed by atoms with van der Waals surface area (Å²) in [5.74, 6) is 0. The van der Waals surface area contributed by atoms with Crippen LogP contribution in [0, 0.1) is 6.92 Å². The maximum absolute atomic E-state index is 4.50. The molecule has 0 radical (unpaired) electrons. The first-order valence-electron chi connectivity index (χ1n) is 7.56. The number of rotatable bonds is 7. The quantitative estimate of drug-likeness (QED) is 0.808. The van der Waals surface area contributed by atoms with E-state index >= 15 is 0 Å². The molecule has 2 rings (SSSR count). The summed E-state index contributed by atoms with van der Waals surface area (Å²) in [6.45, 7) is 5.38. The summed E-state index contributed by atoms with van der Waals surface area (Å²) in [6.07, 6.45) is 5.02. The van der Waals surface area contributed by atoms with Gasteiger partial charge < -0.3 is 5.32 Å². The largest absolute Gasteiger partial charge is 0.313 e. The van der Waals surface area contributed by atoms with Crippen LogP contribution >= 0.6 is 15.9 Å². The standard InChI is InChI=1S/C18H23BrN2/c1-3-10-20-18(11-15-6-4-14(2)5-7-15)12-17-9-8-16(19)13-21-17/h4-9,13,18,20H,3,10-12H2,1-2H3. The second-order valence-electron chi connectivity index (χ2n) is 5.51. The van der Waals surface area contributed by atoms with Gasteiger partial charge in [-0.15, -0.1) is 0 Å². The van der Waals surface area contributed by atoms with E-state index in [1.165, 1.54) is 11.1 Å². The average molecular weight is 347 g/mol. The summed E-state index contributed by atoms with van der Waals surface area (Å²) in [6, 6.07) is 13.4. The van der Waals surface area contributed by atoms with Crippen LogP contribution in [0.1, 0.15) is 30.2 Å². The maximum Gasteiger partial charge on any atom is 0.0420 e. The Kier molecular flexibility index (Phi) is 6.40. The highest BCUT2D eigenvalue weighted by atomic mass is 79.9. The van der Waals surface area contributed by atoms with E-state index in [0.717, 1.165) is 36.0 Å². The predicted molar refractivity (Wildman–Crippen MR) is 92.6 cm³/mol. The van der Waals surface area contributed by atoms with Gasteiger partial charge in [-0.2, -0.15) is 0 Å². The lowest BCUT2D eigenvalue weighted by atomic mass is 10.0. The van der Waals surface area contributed by atoms with E-state index in [0.29, 0.717) is 6.04 Å². The minimum absolute atomic E-state index is 0.432. The third-order valence-corrected chi connectivity index (χ3v) is 4.00. The van der Waals surface area contributed by atoms with Crippen molar-refractivity contribution in [3.05, 3.63) is 63.9 Å². The van der Waals surface area contributed by atoms with Gasteiger partial charge in [0.1, 0.15) is 0 Å². The second-order valence-corrected chi connectivity index (χ2v) is 6.43. The highest BCUT2D eigenvalue weighted by Gasteiger charge is 2.10. The second kappa shape index (κ2) is 8.30. The van der Waals surface area contributed by atoms with Crippen LogP contribution in [-0.4, -0.2) is 17.6 Å². The van der Waals surface area contributed by atoms with Crippen LogP contribution in [0.2, 0.25) is 0 Å². The smallest absolute Gasteiger partial charge is 0.0420 e. The Labute approximate surface area is 136 Å². The fourth-order valence-corrected chi connectivity index (χ4v) is 2.59. The van der Waals surface area contributed by atoms with Crippen LogP contribution in [0.15, 0.2) is 47.1 Å². The summed E-state index contributed by atoms with van der Waals surface area (Å²) in [5.41, 5.74) is 3.83.